The Bertz CT molecular complexity index is 1100. The Morgan fingerprint density at radius 2 is 2.00 bits per heavy atom. The molecule has 2 heterocycles. The highest BCUT2D eigenvalue weighted by Crippen LogP contribution is 2.36. The number of nitrogens with one attached hydrogen (secondary N) is 1. The van der Waals surface area contributed by atoms with Gasteiger partial charge in [0.2, 0.25) is 0 Å². The number of nitrogens with two attached hydrogens (primary N) is 1. The van der Waals surface area contributed by atoms with Gasteiger partial charge >= 0.3 is 0 Å². The Kier molecular flexibility index (Phi) is 5.40. The molecule has 0 aliphatic carbocycles. The van der Waals surface area contributed by atoms with Crippen LogP contribution in [0.2, 0.25) is 0 Å². The molecule has 0 fully saturated rings. The molecule has 1 aliphatic rings. The molecular formula is C21H24N4O3S. The van der Waals surface area contributed by atoms with E-state index in [9.17, 15) is 8.42 Å². The molecule has 0 spiro atoms. The van der Waals surface area contributed by atoms with Crippen molar-refractivity contribution in [3.63, 3.8) is 0 Å². The van der Waals surface area contributed by atoms with E-state index in [-0.39, 0.29) is 23.5 Å². The summed E-state index contributed by atoms with van der Waals surface area (Å²) in [6, 6.07) is 15.8. The quantitative estimate of drug-likeness (QED) is 0.645. The number of hydrogen-bond donors (Lipinski definition) is 2. The maximum Gasteiger partial charge on any atom is 0.259 e. The number of imidazole rings is 1. The molecule has 29 heavy (non-hydrogen) atoms. The fourth-order valence-electron chi connectivity index (χ4n) is 3.57. The molecule has 0 amide bonds. The summed E-state index contributed by atoms with van der Waals surface area (Å²) in [4.78, 5) is 3.91. The minimum absolute atomic E-state index is 0.00488. The van der Waals surface area contributed by atoms with Crippen LogP contribution in [-0.2, 0) is 30.0 Å². The Hall–Kier alpha value is -2.68. The van der Waals surface area contributed by atoms with Crippen molar-refractivity contribution < 1.29 is 13.2 Å². The van der Waals surface area contributed by atoms with Crippen molar-refractivity contribution in [2.24, 2.45) is 12.8 Å². The molecular weight excluding hydrogens is 388 g/mol. The van der Waals surface area contributed by atoms with Crippen molar-refractivity contribution in [3.8, 4) is 5.75 Å². The SMILES string of the molecule is Cn1cnc(S(=O)(=O)NCc2ccc3c(c2)[C@@H](Cc2ccccc2)[C@H](N)CO3)c1. The van der Waals surface area contributed by atoms with Crippen molar-refractivity contribution in [2.45, 2.75) is 30.0 Å². The summed E-state index contributed by atoms with van der Waals surface area (Å²) in [6.45, 7) is 0.635. The van der Waals surface area contributed by atoms with Crippen LogP contribution in [0.4, 0.5) is 0 Å². The largest absolute Gasteiger partial charge is 0.492 e. The van der Waals surface area contributed by atoms with Crippen LogP contribution in [0.1, 0.15) is 22.6 Å². The summed E-state index contributed by atoms with van der Waals surface area (Å²) in [5.41, 5.74) is 9.44. The maximum absolute atomic E-state index is 12.4. The van der Waals surface area contributed by atoms with E-state index in [2.05, 4.69) is 21.8 Å². The van der Waals surface area contributed by atoms with Gasteiger partial charge in [-0.2, -0.15) is 0 Å². The third-order valence-corrected chi connectivity index (χ3v) is 6.43. The number of nitrogens with zero attached hydrogens (tertiary/aromatic N) is 2. The van der Waals surface area contributed by atoms with E-state index in [1.54, 1.807) is 11.6 Å². The topological polar surface area (TPSA) is 99.2 Å². The normalized spacial score (nSPS) is 18.8. The van der Waals surface area contributed by atoms with Gasteiger partial charge in [-0.1, -0.05) is 42.5 Å². The van der Waals surface area contributed by atoms with Crippen molar-refractivity contribution in [3.05, 3.63) is 77.7 Å². The highest BCUT2D eigenvalue weighted by molar-refractivity contribution is 7.89. The number of fused-ring (bicyclic) bond motifs is 1. The van der Waals surface area contributed by atoms with E-state index in [1.165, 1.54) is 18.1 Å². The third-order valence-electron chi connectivity index (χ3n) is 5.14. The Morgan fingerprint density at radius 3 is 2.72 bits per heavy atom. The summed E-state index contributed by atoms with van der Waals surface area (Å²) >= 11 is 0. The molecule has 2 atom stereocenters. The van der Waals surface area contributed by atoms with Gasteiger partial charge in [0, 0.05) is 31.7 Å². The molecule has 152 valence electrons. The van der Waals surface area contributed by atoms with Crippen LogP contribution in [0.3, 0.4) is 0 Å². The van der Waals surface area contributed by atoms with E-state index < -0.39 is 10.0 Å². The second kappa shape index (κ2) is 7.98. The number of sulfonamides is 1. The average Bonchev–Trinajstić information content (AvgIpc) is 3.17. The lowest BCUT2D eigenvalue weighted by atomic mass is 9.84. The minimum Gasteiger partial charge on any atom is -0.492 e. The van der Waals surface area contributed by atoms with Gasteiger partial charge < -0.3 is 15.0 Å². The lowest BCUT2D eigenvalue weighted by molar-refractivity contribution is 0.238. The van der Waals surface area contributed by atoms with Crippen molar-refractivity contribution in [1.82, 2.24) is 14.3 Å². The summed E-state index contributed by atoms with van der Waals surface area (Å²) in [6.07, 6.45) is 3.74. The zero-order valence-electron chi connectivity index (χ0n) is 16.2. The number of hydrogen-bond acceptors (Lipinski definition) is 5. The molecule has 7 nitrogen and oxygen atoms in total. The molecule has 0 bridgehead atoms. The van der Waals surface area contributed by atoms with Gasteiger partial charge in [-0.3, -0.25) is 0 Å². The Labute approximate surface area is 170 Å². The highest BCUT2D eigenvalue weighted by atomic mass is 32.2. The van der Waals surface area contributed by atoms with Gasteiger partial charge in [-0.15, -0.1) is 0 Å². The van der Waals surface area contributed by atoms with Gasteiger partial charge in [-0.05, 0) is 29.2 Å². The Balaban J connectivity index is 1.55. The molecule has 8 heteroatoms. The molecule has 4 rings (SSSR count). The first-order chi connectivity index (χ1) is 13.9. The molecule has 3 aromatic rings. The van der Waals surface area contributed by atoms with Gasteiger partial charge in [-0.25, -0.2) is 18.1 Å². The number of benzene rings is 2. The molecule has 3 N–H and O–H groups in total. The van der Waals surface area contributed by atoms with E-state index >= 15 is 0 Å². The van der Waals surface area contributed by atoms with Crippen molar-refractivity contribution >= 4 is 10.0 Å². The molecule has 0 saturated heterocycles. The van der Waals surface area contributed by atoms with E-state index in [0.717, 1.165) is 23.3 Å². The lowest BCUT2D eigenvalue weighted by Gasteiger charge is -2.32. The maximum atomic E-state index is 12.4. The zero-order chi connectivity index (χ0) is 20.4. The average molecular weight is 413 g/mol. The monoisotopic (exact) mass is 412 g/mol. The first-order valence-corrected chi connectivity index (χ1v) is 10.9. The first kappa shape index (κ1) is 19.6. The van der Waals surface area contributed by atoms with Crippen LogP contribution >= 0.6 is 0 Å². The lowest BCUT2D eigenvalue weighted by Crippen LogP contribution is -2.39. The fourth-order valence-corrected chi connectivity index (χ4v) is 4.57. The Morgan fingerprint density at radius 1 is 1.21 bits per heavy atom. The second-order valence-electron chi connectivity index (χ2n) is 7.35. The molecule has 0 radical (unpaired) electrons. The van der Waals surface area contributed by atoms with Gasteiger partial charge in [0.05, 0.1) is 6.33 Å². The second-order valence-corrected chi connectivity index (χ2v) is 9.06. The van der Waals surface area contributed by atoms with Crippen LogP contribution in [0.15, 0.2) is 66.1 Å². The zero-order valence-corrected chi connectivity index (χ0v) is 17.0. The number of aromatic nitrogens is 2. The number of rotatable bonds is 6. The summed E-state index contributed by atoms with van der Waals surface area (Å²) in [7, 11) is -1.94. The predicted molar refractivity (Wildman–Crippen MR) is 110 cm³/mol. The molecule has 2 aromatic carbocycles. The van der Waals surface area contributed by atoms with Crippen molar-refractivity contribution in [1.29, 1.82) is 0 Å². The van der Waals surface area contributed by atoms with Crippen LogP contribution in [0.25, 0.3) is 0 Å². The molecule has 1 aliphatic heterocycles. The first-order valence-electron chi connectivity index (χ1n) is 9.45. The van der Waals surface area contributed by atoms with Crippen molar-refractivity contribution in [2.75, 3.05) is 6.61 Å². The van der Waals surface area contributed by atoms with E-state index in [4.69, 9.17) is 10.5 Å². The third kappa shape index (κ3) is 4.34. The van der Waals surface area contributed by atoms with Crippen LogP contribution in [0.5, 0.6) is 5.75 Å². The highest BCUT2D eigenvalue weighted by Gasteiger charge is 2.29. The van der Waals surface area contributed by atoms with Crippen LogP contribution in [-0.4, -0.2) is 30.6 Å². The number of ether oxygens (including phenoxy) is 1. The van der Waals surface area contributed by atoms with Gasteiger partial charge in [0.1, 0.15) is 12.4 Å². The fraction of sp³-hybridized carbons (Fsp3) is 0.286. The number of aryl methyl sites for hydroxylation is 1. The molecule has 1 aromatic heterocycles. The van der Waals surface area contributed by atoms with E-state index in [1.807, 2.05) is 36.4 Å². The van der Waals surface area contributed by atoms with Crippen LogP contribution < -0.4 is 15.2 Å². The standard InChI is InChI=1S/C21H24N4O3S/c1-25-12-21(23-14-25)29(26,27)24-11-16-7-8-20-18(10-16)17(19(22)13-28-20)9-15-5-3-2-4-6-15/h2-8,10,12,14,17,19,24H,9,11,13,22H2,1H3/t17-,19-/m1/s1. The summed E-state index contributed by atoms with van der Waals surface area (Å²) < 4.78 is 34.9. The molecule has 0 unspecified atom stereocenters. The predicted octanol–water partition coefficient (Wildman–Crippen LogP) is 1.94. The van der Waals surface area contributed by atoms with Gasteiger partial charge in [0.25, 0.3) is 10.0 Å². The minimum atomic E-state index is -3.67. The summed E-state index contributed by atoms with van der Waals surface area (Å²) in [5, 5.41) is 0.00488. The summed E-state index contributed by atoms with van der Waals surface area (Å²) in [5.74, 6) is 0.914. The smallest absolute Gasteiger partial charge is 0.259 e. The van der Waals surface area contributed by atoms with Crippen LogP contribution in [0, 0.1) is 0 Å². The van der Waals surface area contributed by atoms with E-state index in [0.29, 0.717) is 6.61 Å². The van der Waals surface area contributed by atoms with Gasteiger partial charge in [0.15, 0.2) is 5.03 Å². The molecule has 0 saturated carbocycles.